The van der Waals surface area contributed by atoms with E-state index in [1.807, 2.05) is 30.3 Å². The smallest absolute Gasteiger partial charge is 0.153 e. The van der Waals surface area contributed by atoms with Gasteiger partial charge in [-0.1, -0.05) is 6.92 Å². The molecule has 0 saturated heterocycles. The molecular weight excluding hydrogens is 306 g/mol. The van der Waals surface area contributed by atoms with Crippen molar-refractivity contribution in [3.63, 3.8) is 0 Å². The van der Waals surface area contributed by atoms with E-state index in [-0.39, 0.29) is 0 Å². The number of nitrogens with one attached hydrogen (secondary N) is 1. The molecule has 2 rings (SSSR count). The second-order valence-corrected chi connectivity index (χ2v) is 5.00. The fourth-order valence-electron chi connectivity index (χ4n) is 1.55. The van der Waals surface area contributed by atoms with Crippen LogP contribution in [0.4, 0.5) is 17.2 Å². The molecule has 19 heavy (non-hydrogen) atoms. The number of nitrogens with zero attached hydrogens (tertiary/aromatic N) is 1. The molecule has 0 aliphatic carbocycles. The number of ether oxygens (including phenoxy) is 1. The topological polar surface area (TPSA) is 60.2 Å². The number of benzene rings is 1. The van der Waals surface area contributed by atoms with Gasteiger partial charge in [0.05, 0.1) is 12.3 Å². The van der Waals surface area contributed by atoms with E-state index in [9.17, 15) is 0 Å². The first kappa shape index (κ1) is 13.7. The molecule has 0 spiro atoms. The SMILES string of the molecule is CCCOc1ccc(Nc2ncc(Br)cc2N)cc1. The van der Waals surface area contributed by atoms with E-state index in [4.69, 9.17) is 10.5 Å². The number of pyridine rings is 1. The van der Waals surface area contributed by atoms with Crippen molar-refractivity contribution < 1.29 is 4.74 Å². The largest absolute Gasteiger partial charge is 0.494 e. The zero-order valence-corrected chi connectivity index (χ0v) is 12.3. The highest BCUT2D eigenvalue weighted by Crippen LogP contribution is 2.24. The fourth-order valence-corrected chi connectivity index (χ4v) is 1.90. The van der Waals surface area contributed by atoms with Gasteiger partial charge in [0.25, 0.3) is 0 Å². The number of halogens is 1. The van der Waals surface area contributed by atoms with Gasteiger partial charge in [-0.05, 0) is 52.7 Å². The number of nitrogens with two attached hydrogens (primary N) is 1. The van der Waals surface area contributed by atoms with Crippen molar-refractivity contribution in [2.45, 2.75) is 13.3 Å². The summed E-state index contributed by atoms with van der Waals surface area (Å²) in [7, 11) is 0. The van der Waals surface area contributed by atoms with Crippen LogP contribution in [0.25, 0.3) is 0 Å². The first-order valence-corrected chi connectivity index (χ1v) is 6.89. The minimum atomic E-state index is 0.598. The van der Waals surface area contributed by atoms with Crippen molar-refractivity contribution in [2.24, 2.45) is 0 Å². The van der Waals surface area contributed by atoms with Crippen LogP contribution < -0.4 is 15.8 Å². The van der Waals surface area contributed by atoms with Gasteiger partial charge in [0, 0.05) is 16.4 Å². The lowest BCUT2D eigenvalue weighted by Crippen LogP contribution is -1.99. The van der Waals surface area contributed by atoms with Crippen molar-refractivity contribution in [1.29, 1.82) is 0 Å². The Morgan fingerprint density at radius 3 is 2.68 bits per heavy atom. The summed E-state index contributed by atoms with van der Waals surface area (Å²) in [6, 6.07) is 9.54. The number of rotatable bonds is 5. The molecule has 0 fully saturated rings. The Labute approximate surface area is 121 Å². The maximum Gasteiger partial charge on any atom is 0.153 e. The van der Waals surface area contributed by atoms with E-state index in [1.54, 1.807) is 6.20 Å². The molecule has 4 nitrogen and oxygen atoms in total. The minimum absolute atomic E-state index is 0.598. The van der Waals surface area contributed by atoms with Crippen molar-refractivity contribution >= 4 is 33.1 Å². The number of hydrogen-bond acceptors (Lipinski definition) is 4. The van der Waals surface area contributed by atoms with E-state index in [0.717, 1.165) is 28.9 Å². The van der Waals surface area contributed by atoms with Gasteiger partial charge in [-0.25, -0.2) is 4.98 Å². The van der Waals surface area contributed by atoms with Crippen LogP contribution in [0.2, 0.25) is 0 Å². The maximum absolute atomic E-state index is 5.89. The van der Waals surface area contributed by atoms with E-state index in [1.165, 1.54) is 0 Å². The summed E-state index contributed by atoms with van der Waals surface area (Å²) in [5.74, 6) is 1.51. The van der Waals surface area contributed by atoms with Gasteiger partial charge in [-0.3, -0.25) is 0 Å². The molecule has 0 amide bonds. The number of nitrogen functional groups attached to an aromatic ring is 1. The predicted octanol–water partition coefficient (Wildman–Crippen LogP) is 3.96. The van der Waals surface area contributed by atoms with Crippen molar-refractivity contribution in [2.75, 3.05) is 17.7 Å². The third kappa shape index (κ3) is 3.86. The van der Waals surface area contributed by atoms with Crippen LogP contribution in [0.5, 0.6) is 5.75 Å². The minimum Gasteiger partial charge on any atom is -0.494 e. The van der Waals surface area contributed by atoms with Crippen LogP contribution in [0.15, 0.2) is 41.0 Å². The quantitative estimate of drug-likeness (QED) is 0.875. The Bertz CT molecular complexity index is 543. The lowest BCUT2D eigenvalue weighted by Gasteiger charge is -2.09. The highest BCUT2D eigenvalue weighted by atomic mass is 79.9. The van der Waals surface area contributed by atoms with Crippen LogP contribution >= 0.6 is 15.9 Å². The first-order valence-electron chi connectivity index (χ1n) is 6.10. The average Bonchev–Trinajstić information content (AvgIpc) is 2.41. The lowest BCUT2D eigenvalue weighted by atomic mass is 10.3. The third-order valence-electron chi connectivity index (χ3n) is 2.47. The zero-order chi connectivity index (χ0) is 13.7. The highest BCUT2D eigenvalue weighted by Gasteiger charge is 2.02. The number of anilines is 3. The van der Waals surface area contributed by atoms with Crippen molar-refractivity contribution in [3.05, 3.63) is 41.0 Å². The van der Waals surface area contributed by atoms with Gasteiger partial charge in [-0.2, -0.15) is 0 Å². The molecule has 100 valence electrons. The summed E-state index contributed by atoms with van der Waals surface area (Å²) >= 11 is 3.33. The standard InChI is InChI=1S/C14H16BrN3O/c1-2-7-19-12-5-3-11(4-6-12)18-14-13(16)8-10(15)9-17-14/h3-6,8-9H,2,7,16H2,1H3,(H,17,18). The van der Waals surface area contributed by atoms with E-state index < -0.39 is 0 Å². The summed E-state index contributed by atoms with van der Waals surface area (Å²) in [5, 5.41) is 3.17. The molecule has 0 aliphatic heterocycles. The molecule has 1 heterocycles. The molecular formula is C14H16BrN3O. The molecule has 1 aromatic carbocycles. The van der Waals surface area contributed by atoms with Crippen LogP contribution in [0.1, 0.15) is 13.3 Å². The second-order valence-electron chi connectivity index (χ2n) is 4.09. The van der Waals surface area contributed by atoms with Crippen molar-refractivity contribution in [3.8, 4) is 5.75 Å². The highest BCUT2D eigenvalue weighted by molar-refractivity contribution is 9.10. The van der Waals surface area contributed by atoms with Gasteiger partial charge in [0.1, 0.15) is 5.75 Å². The Balaban J connectivity index is 2.06. The molecule has 1 aromatic heterocycles. The van der Waals surface area contributed by atoms with E-state index in [2.05, 4.69) is 33.2 Å². The van der Waals surface area contributed by atoms with Crippen LogP contribution in [0.3, 0.4) is 0 Å². The number of hydrogen-bond donors (Lipinski definition) is 2. The van der Waals surface area contributed by atoms with Crippen LogP contribution in [0, 0.1) is 0 Å². The summed E-state index contributed by atoms with van der Waals surface area (Å²) in [6.45, 7) is 2.81. The normalized spacial score (nSPS) is 10.2. The molecule has 5 heteroatoms. The van der Waals surface area contributed by atoms with Gasteiger partial charge in [0.2, 0.25) is 0 Å². The molecule has 0 bridgehead atoms. The predicted molar refractivity (Wildman–Crippen MR) is 81.9 cm³/mol. The molecule has 0 aliphatic rings. The Hall–Kier alpha value is -1.75. The van der Waals surface area contributed by atoms with Gasteiger partial charge in [0.15, 0.2) is 5.82 Å². The Morgan fingerprint density at radius 1 is 1.32 bits per heavy atom. The lowest BCUT2D eigenvalue weighted by molar-refractivity contribution is 0.317. The number of aromatic nitrogens is 1. The molecule has 0 radical (unpaired) electrons. The molecule has 0 unspecified atom stereocenters. The molecule has 3 N–H and O–H groups in total. The van der Waals surface area contributed by atoms with Gasteiger partial charge >= 0.3 is 0 Å². The summed E-state index contributed by atoms with van der Waals surface area (Å²) in [6.07, 6.45) is 2.71. The van der Waals surface area contributed by atoms with E-state index in [0.29, 0.717) is 11.5 Å². The molecule has 2 aromatic rings. The molecule has 0 atom stereocenters. The van der Waals surface area contributed by atoms with Gasteiger partial charge in [-0.15, -0.1) is 0 Å². The maximum atomic E-state index is 5.89. The van der Waals surface area contributed by atoms with E-state index >= 15 is 0 Å². The Morgan fingerprint density at radius 2 is 2.05 bits per heavy atom. The average molecular weight is 322 g/mol. The summed E-state index contributed by atoms with van der Waals surface area (Å²) in [5.41, 5.74) is 7.40. The van der Waals surface area contributed by atoms with Gasteiger partial charge < -0.3 is 15.8 Å². The van der Waals surface area contributed by atoms with Crippen molar-refractivity contribution in [1.82, 2.24) is 4.98 Å². The summed E-state index contributed by atoms with van der Waals surface area (Å²) < 4.78 is 6.39. The zero-order valence-electron chi connectivity index (χ0n) is 10.7. The Kier molecular flexibility index (Phi) is 4.63. The third-order valence-corrected chi connectivity index (χ3v) is 2.91. The van der Waals surface area contributed by atoms with Crippen LogP contribution in [-0.2, 0) is 0 Å². The summed E-state index contributed by atoms with van der Waals surface area (Å²) in [4.78, 5) is 4.23. The second kappa shape index (κ2) is 6.43. The fraction of sp³-hybridized carbons (Fsp3) is 0.214. The molecule has 0 saturated carbocycles. The van der Waals surface area contributed by atoms with Crippen LogP contribution in [-0.4, -0.2) is 11.6 Å². The monoisotopic (exact) mass is 321 g/mol. The first-order chi connectivity index (χ1) is 9.19.